The summed E-state index contributed by atoms with van der Waals surface area (Å²) in [7, 11) is 0. The summed E-state index contributed by atoms with van der Waals surface area (Å²) < 4.78 is 0. The second-order valence-corrected chi connectivity index (χ2v) is 10.7. The molecule has 174 valence electrons. The minimum atomic E-state index is -0.540. The van der Waals surface area contributed by atoms with E-state index in [0.717, 1.165) is 16.7 Å². The quantitative estimate of drug-likeness (QED) is 0.447. The third-order valence-corrected chi connectivity index (χ3v) is 6.37. The maximum absolute atomic E-state index is 13.3. The molecule has 0 saturated heterocycles. The number of nitrogens with one attached hydrogen (secondary N) is 1. The smallest absolute Gasteiger partial charge is 0.243 e. The Hall–Kier alpha value is -1.69. The molecule has 32 heavy (non-hydrogen) atoms. The zero-order chi connectivity index (χ0) is 23.9. The van der Waals surface area contributed by atoms with E-state index in [1.165, 1.54) is 11.8 Å². The fourth-order valence-electron chi connectivity index (χ4n) is 3.35. The second kappa shape index (κ2) is 12.0. The van der Waals surface area contributed by atoms with Crippen LogP contribution in [0.25, 0.3) is 0 Å². The minimum Gasteiger partial charge on any atom is -0.350 e. The summed E-state index contributed by atoms with van der Waals surface area (Å²) in [6, 6.07) is 12.9. The van der Waals surface area contributed by atoms with E-state index in [2.05, 4.69) is 11.4 Å². The van der Waals surface area contributed by atoms with Crippen molar-refractivity contribution in [2.45, 2.75) is 64.9 Å². The number of aryl methyl sites for hydroxylation is 1. The summed E-state index contributed by atoms with van der Waals surface area (Å²) in [5.41, 5.74) is 2.68. The predicted octanol–water partition coefficient (Wildman–Crippen LogP) is 6.26. The van der Waals surface area contributed by atoms with Gasteiger partial charge in [0.15, 0.2) is 0 Å². The summed E-state index contributed by atoms with van der Waals surface area (Å²) in [6.45, 7) is 10.2. The topological polar surface area (TPSA) is 49.4 Å². The Morgan fingerprint density at radius 2 is 1.84 bits per heavy atom. The number of halogens is 2. The summed E-state index contributed by atoms with van der Waals surface area (Å²) in [5, 5.41) is 4.20. The van der Waals surface area contributed by atoms with Gasteiger partial charge in [-0.05, 0) is 57.4 Å². The molecule has 0 bridgehead atoms. The summed E-state index contributed by atoms with van der Waals surface area (Å²) >= 11 is 13.7. The van der Waals surface area contributed by atoms with Gasteiger partial charge < -0.3 is 10.2 Å². The standard InChI is InChI=1S/C25H32Cl2N2O2S/c1-6-22(24(31)28-25(3,4)5)29(14-18-9-7-8-17(2)12-18)23(30)16-32-15-19-10-11-20(26)13-21(19)27/h7-13,22H,6,14-16H2,1-5H3,(H,28,31)/t22-/m0/s1. The lowest BCUT2D eigenvalue weighted by molar-refractivity contribution is -0.140. The van der Waals surface area contributed by atoms with Crippen LogP contribution in [-0.4, -0.2) is 34.0 Å². The van der Waals surface area contributed by atoms with Crippen LogP contribution in [0.1, 0.15) is 50.8 Å². The summed E-state index contributed by atoms with van der Waals surface area (Å²) in [5.74, 6) is 0.638. The number of hydrogen-bond donors (Lipinski definition) is 1. The molecule has 0 unspecified atom stereocenters. The van der Waals surface area contributed by atoms with Crippen molar-refractivity contribution in [1.82, 2.24) is 10.2 Å². The second-order valence-electron chi connectivity index (χ2n) is 8.90. The number of thioether (sulfide) groups is 1. The highest BCUT2D eigenvalue weighted by Gasteiger charge is 2.30. The molecule has 1 N–H and O–H groups in total. The Labute approximate surface area is 206 Å². The minimum absolute atomic E-state index is 0.0718. The van der Waals surface area contributed by atoms with E-state index in [4.69, 9.17) is 23.2 Å². The van der Waals surface area contributed by atoms with Crippen molar-refractivity contribution in [2.75, 3.05) is 5.75 Å². The van der Waals surface area contributed by atoms with Gasteiger partial charge in [-0.2, -0.15) is 0 Å². The fraction of sp³-hybridized carbons (Fsp3) is 0.440. The van der Waals surface area contributed by atoms with Gasteiger partial charge in [-0.1, -0.05) is 66.0 Å². The maximum Gasteiger partial charge on any atom is 0.243 e. The number of hydrogen-bond acceptors (Lipinski definition) is 3. The Balaban J connectivity index is 2.17. The van der Waals surface area contributed by atoms with Gasteiger partial charge in [0.05, 0.1) is 5.75 Å². The SMILES string of the molecule is CC[C@@H](C(=O)NC(C)(C)C)N(Cc1cccc(C)c1)C(=O)CSCc1ccc(Cl)cc1Cl. The van der Waals surface area contributed by atoms with E-state index in [0.29, 0.717) is 28.8 Å². The van der Waals surface area contributed by atoms with Crippen LogP contribution in [0.3, 0.4) is 0 Å². The van der Waals surface area contributed by atoms with Crippen LogP contribution in [0.15, 0.2) is 42.5 Å². The lowest BCUT2D eigenvalue weighted by Gasteiger charge is -2.33. The first-order valence-corrected chi connectivity index (χ1v) is 12.6. The molecular formula is C25H32Cl2N2O2S. The average molecular weight is 496 g/mol. The summed E-state index contributed by atoms with van der Waals surface area (Å²) in [4.78, 5) is 28.0. The molecule has 4 nitrogen and oxygen atoms in total. The molecule has 0 radical (unpaired) electrons. The van der Waals surface area contributed by atoms with Crippen LogP contribution < -0.4 is 5.32 Å². The molecule has 2 aromatic carbocycles. The molecule has 1 atom stereocenters. The highest BCUT2D eigenvalue weighted by atomic mass is 35.5. The van der Waals surface area contributed by atoms with E-state index in [1.54, 1.807) is 17.0 Å². The number of benzene rings is 2. The summed E-state index contributed by atoms with van der Waals surface area (Å²) in [6.07, 6.45) is 0.535. The van der Waals surface area contributed by atoms with Crippen molar-refractivity contribution in [3.8, 4) is 0 Å². The van der Waals surface area contributed by atoms with Crippen LogP contribution in [-0.2, 0) is 21.9 Å². The molecular weight excluding hydrogens is 463 g/mol. The van der Waals surface area contributed by atoms with Crippen LogP contribution in [0.5, 0.6) is 0 Å². The van der Waals surface area contributed by atoms with E-state index < -0.39 is 6.04 Å². The van der Waals surface area contributed by atoms with Gasteiger partial charge in [0.25, 0.3) is 0 Å². The van der Waals surface area contributed by atoms with Gasteiger partial charge in [-0.15, -0.1) is 11.8 Å². The molecule has 0 aromatic heterocycles. The lowest BCUT2D eigenvalue weighted by atomic mass is 10.1. The van der Waals surface area contributed by atoms with Crippen LogP contribution in [0, 0.1) is 6.92 Å². The van der Waals surface area contributed by atoms with Crippen molar-refractivity contribution in [3.05, 3.63) is 69.2 Å². The first-order chi connectivity index (χ1) is 15.0. The highest BCUT2D eigenvalue weighted by molar-refractivity contribution is 7.99. The Kier molecular flexibility index (Phi) is 9.93. The van der Waals surface area contributed by atoms with Crippen molar-refractivity contribution in [1.29, 1.82) is 0 Å². The van der Waals surface area contributed by atoms with Gasteiger partial charge in [0.2, 0.25) is 11.8 Å². The van der Waals surface area contributed by atoms with Gasteiger partial charge in [-0.3, -0.25) is 9.59 Å². The molecule has 2 amide bonds. The molecule has 0 aliphatic carbocycles. The fourth-order valence-corrected chi connectivity index (χ4v) is 4.82. The van der Waals surface area contributed by atoms with E-state index in [9.17, 15) is 9.59 Å². The van der Waals surface area contributed by atoms with Crippen molar-refractivity contribution in [2.24, 2.45) is 0 Å². The van der Waals surface area contributed by atoms with E-state index >= 15 is 0 Å². The molecule has 2 aromatic rings. The zero-order valence-corrected chi connectivity index (χ0v) is 21.7. The maximum atomic E-state index is 13.3. The first-order valence-electron chi connectivity index (χ1n) is 10.7. The van der Waals surface area contributed by atoms with Crippen LogP contribution in [0.2, 0.25) is 10.0 Å². The van der Waals surface area contributed by atoms with E-state index in [-0.39, 0.29) is 23.1 Å². The molecule has 0 aliphatic rings. The van der Waals surface area contributed by atoms with Crippen LogP contribution >= 0.6 is 35.0 Å². The molecule has 0 spiro atoms. The first kappa shape index (κ1) is 26.6. The van der Waals surface area contributed by atoms with Crippen molar-refractivity contribution >= 4 is 46.8 Å². The number of rotatable bonds is 9. The predicted molar refractivity (Wildman–Crippen MR) is 136 cm³/mol. The van der Waals surface area contributed by atoms with E-state index in [1.807, 2.05) is 58.9 Å². The Bertz CT molecular complexity index is 944. The molecule has 7 heteroatoms. The third kappa shape index (κ3) is 8.34. The van der Waals surface area contributed by atoms with Gasteiger partial charge >= 0.3 is 0 Å². The number of nitrogens with zero attached hydrogens (tertiary/aromatic N) is 1. The Morgan fingerprint density at radius 1 is 1.12 bits per heavy atom. The highest BCUT2D eigenvalue weighted by Crippen LogP contribution is 2.25. The molecule has 0 aliphatic heterocycles. The number of carbonyl (C=O) groups is 2. The third-order valence-electron chi connectivity index (χ3n) is 4.82. The van der Waals surface area contributed by atoms with Crippen molar-refractivity contribution < 1.29 is 9.59 Å². The lowest BCUT2D eigenvalue weighted by Crippen LogP contribution is -2.53. The number of carbonyl (C=O) groups excluding carboxylic acids is 2. The molecule has 0 saturated carbocycles. The van der Waals surface area contributed by atoms with Gasteiger partial charge in [-0.25, -0.2) is 0 Å². The van der Waals surface area contributed by atoms with Crippen LogP contribution in [0.4, 0.5) is 0 Å². The molecule has 2 rings (SSSR count). The number of amides is 2. The molecule has 0 heterocycles. The molecule has 0 fully saturated rings. The monoisotopic (exact) mass is 494 g/mol. The van der Waals surface area contributed by atoms with Gasteiger partial charge in [0.1, 0.15) is 6.04 Å². The largest absolute Gasteiger partial charge is 0.350 e. The average Bonchev–Trinajstić information content (AvgIpc) is 2.68. The van der Waals surface area contributed by atoms with Crippen molar-refractivity contribution in [3.63, 3.8) is 0 Å². The zero-order valence-electron chi connectivity index (χ0n) is 19.4. The normalized spacial score (nSPS) is 12.3. The van der Waals surface area contributed by atoms with Gasteiger partial charge in [0, 0.05) is 27.9 Å². The Morgan fingerprint density at radius 3 is 2.44 bits per heavy atom.